The van der Waals surface area contributed by atoms with Crippen LogP contribution in [0, 0.1) is 19.8 Å². The van der Waals surface area contributed by atoms with Crippen molar-refractivity contribution in [3.63, 3.8) is 0 Å². The second-order valence-electron chi connectivity index (χ2n) is 11.7. The van der Waals surface area contributed by atoms with Gasteiger partial charge in [-0.1, -0.05) is 30.3 Å². The summed E-state index contributed by atoms with van der Waals surface area (Å²) in [5, 5.41) is 3.66. The number of hydrogen-bond acceptors (Lipinski definition) is 6. The Morgan fingerprint density at radius 3 is 2.38 bits per heavy atom. The van der Waals surface area contributed by atoms with Gasteiger partial charge in [-0.15, -0.1) is 0 Å². The molecule has 2 aromatic rings. The highest BCUT2D eigenvalue weighted by Gasteiger charge is 2.42. The van der Waals surface area contributed by atoms with Crippen LogP contribution < -0.4 is 5.32 Å². The summed E-state index contributed by atoms with van der Waals surface area (Å²) in [6.07, 6.45) is 6.12. The van der Waals surface area contributed by atoms with Crippen LogP contribution in [0.1, 0.15) is 72.9 Å². The molecule has 3 atom stereocenters. The third-order valence-electron chi connectivity index (χ3n) is 9.29. The number of aromatic nitrogens is 2. The number of nitrogens with one attached hydrogen (secondary N) is 1. The Hall–Kier alpha value is -2.35. The van der Waals surface area contributed by atoms with Crippen LogP contribution in [0.15, 0.2) is 36.7 Å². The van der Waals surface area contributed by atoms with E-state index in [1.165, 1.54) is 18.4 Å². The van der Waals surface area contributed by atoms with Gasteiger partial charge >= 0.3 is 0 Å². The topological polar surface area (TPSA) is 64.6 Å². The summed E-state index contributed by atoms with van der Waals surface area (Å²) in [4.78, 5) is 29.4. The number of rotatable bonds is 5. The molecule has 0 spiro atoms. The zero-order valence-electron chi connectivity index (χ0n) is 23.1. The minimum atomic E-state index is 0.0858. The number of carbonyl (C=O) groups excluding carboxylic acids is 1. The van der Waals surface area contributed by atoms with Crippen molar-refractivity contribution in [3.05, 3.63) is 59.2 Å². The van der Waals surface area contributed by atoms with Gasteiger partial charge in [-0.2, -0.15) is 0 Å². The number of likely N-dealkylation sites (tertiary alicyclic amines) is 1. The van der Waals surface area contributed by atoms with Gasteiger partial charge < -0.3 is 10.2 Å². The third kappa shape index (κ3) is 5.45. The average Bonchev–Trinajstić information content (AvgIpc) is 2.91. The predicted molar refractivity (Wildman–Crippen MR) is 148 cm³/mol. The van der Waals surface area contributed by atoms with Crippen LogP contribution in [0.5, 0.6) is 0 Å². The molecule has 1 aromatic carbocycles. The molecule has 7 nitrogen and oxygen atoms in total. The number of amides is 1. The summed E-state index contributed by atoms with van der Waals surface area (Å²) in [6.45, 7) is 15.7. The molecule has 0 aliphatic carbocycles. The molecule has 1 N–H and O–H groups in total. The molecule has 1 amide bonds. The number of nitrogens with zero attached hydrogens (tertiary/aromatic N) is 5. The van der Waals surface area contributed by atoms with Crippen molar-refractivity contribution in [2.45, 2.75) is 71.0 Å². The lowest BCUT2D eigenvalue weighted by Gasteiger charge is -2.54. The van der Waals surface area contributed by atoms with Gasteiger partial charge in [0.1, 0.15) is 6.33 Å². The van der Waals surface area contributed by atoms with E-state index in [2.05, 4.69) is 69.3 Å². The molecule has 0 radical (unpaired) electrons. The molecule has 4 heterocycles. The molecule has 3 fully saturated rings. The molecule has 0 saturated carbocycles. The molecule has 37 heavy (non-hydrogen) atoms. The molecular weight excluding hydrogens is 460 g/mol. The van der Waals surface area contributed by atoms with Gasteiger partial charge in [0.25, 0.3) is 5.91 Å². The number of aryl methyl sites for hydroxylation is 2. The van der Waals surface area contributed by atoms with Gasteiger partial charge in [-0.3, -0.25) is 14.6 Å². The van der Waals surface area contributed by atoms with E-state index < -0.39 is 0 Å². The van der Waals surface area contributed by atoms with E-state index in [1.807, 2.05) is 18.7 Å². The highest BCUT2D eigenvalue weighted by molar-refractivity contribution is 5.96. The van der Waals surface area contributed by atoms with Gasteiger partial charge in [-0.05, 0) is 77.9 Å². The normalized spacial score (nSPS) is 26.1. The van der Waals surface area contributed by atoms with Crippen molar-refractivity contribution >= 4 is 5.91 Å². The van der Waals surface area contributed by atoms with Crippen molar-refractivity contribution in [2.24, 2.45) is 5.92 Å². The van der Waals surface area contributed by atoms with Crippen LogP contribution in [0.3, 0.4) is 0 Å². The molecule has 1 unspecified atom stereocenters. The van der Waals surface area contributed by atoms with Crippen LogP contribution >= 0.6 is 0 Å². The van der Waals surface area contributed by atoms with E-state index in [1.54, 1.807) is 6.33 Å². The summed E-state index contributed by atoms with van der Waals surface area (Å²) in [5.41, 5.74) is 3.82. The van der Waals surface area contributed by atoms with Gasteiger partial charge in [0.15, 0.2) is 0 Å². The average molecular weight is 505 g/mol. The van der Waals surface area contributed by atoms with Gasteiger partial charge in [0.2, 0.25) is 0 Å². The Labute approximate surface area is 222 Å². The molecular formula is C30H44N6O. The number of hydrogen-bond donors (Lipinski definition) is 1. The van der Waals surface area contributed by atoms with Gasteiger partial charge in [0.05, 0.1) is 17.0 Å². The Kier molecular flexibility index (Phi) is 7.93. The summed E-state index contributed by atoms with van der Waals surface area (Å²) < 4.78 is 0. The number of piperazine rings is 1. The molecule has 5 rings (SSSR count). The van der Waals surface area contributed by atoms with Crippen molar-refractivity contribution < 1.29 is 4.79 Å². The summed E-state index contributed by atoms with van der Waals surface area (Å²) in [5.74, 6) is 0.742. The first-order valence-corrected chi connectivity index (χ1v) is 14.2. The lowest BCUT2D eigenvalue weighted by Crippen LogP contribution is -2.63. The lowest BCUT2D eigenvalue weighted by atomic mass is 9.83. The van der Waals surface area contributed by atoms with Crippen molar-refractivity contribution in [1.82, 2.24) is 30.0 Å². The SMILES string of the molecule is Cc1ncnc(C)c1C(=O)N1CCC(C)(N2CCN([C@H](c3ccccc3)C3CCCNC3)[C@@H](C)C2)CC1. The fourth-order valence-electron chi connectivity index (χ4n) is 6.98. The fourth-order valence-corrected chi connectivity index (χ4v) is 6.98. The third-order valence-corrected chi connectivity index (χ3v) is 9.29. The molecule has 0 bridgehead atoms. The van der Waals surface area contributed by atoms with E-state index in [0.29, 0.717) is 23.6 Å². The van der Waals surface area contributed by atoms with Gasteiger partial charge in [0, 0.05) is 50.3 Å². The standard InChI is InChI=1S/C30H44N6O/c1-22-20-35(17-18-36(22)28(25-9-6-5-7-10-25)26-11-8-14-31-19-26)30(4)12-15-34(16-13-30)29(37)27-23(2)32-21-33-24(27)3/h5-7,9-10,21-22,26,28,31H,8,11-20H2,1-4H3/t22-,26?,28+/m0/s1. The zero-order valence-corrected chi connectivity index (χ0v) is 23.1. The molecule has 3 saturated heterocycles. The Morgan fingerprint density at radius 1 is 1.05 bits per heavy atom. The van der Waals surface area contributed by atoms with E-state index >= 15 is 0 Å². The van der Waals surface area contributed by atoms with Crippen molar-refractivity contribution in [2.75, 3.05) is 45.8 Å². The van der Waals surface area contributed by atoms with Crippen LogP contribution in [0.4, 0.5) is 0 Å². The second kappa shape index (κ2) is 11.2. The first kappa shape index (κ1) is 26.3. The highest BCUT2D eigenvalue weighted by Crippen LogP contribution is 2.38. The van der Waals surface area contributed by atoms with Crippen LogP contribution in [0.2, 0.25) is 0 Å². The number of piperidine rings is 2. The Balaban J connectivity index is 1.24. The maximum Gasteiger partial charge on any atom is 0.257 e. The van der Waals surface area contributed by atoms with Crippen LogP contribution in [0.25, 0.3) is 0 Å². The highest BCUT2D eigenvalue weighted by atomic mass is 16.2. The lowest BCUT2D eigenvalue weighted by molar-refractivity contribution is -0.0403. The Bertz CT molecular complexity index is 1040. The molecule has 7 heteroatoms. The monoisotopic (exact) mass is 504 g/mol. The summed E-state index contributed by atoms with van der Waals surface area (Å²) in [6, 6.07) is 12.1. The van der Waals surface area contributed by atoms with E-state index in [-0.39, 0.29) is 11.4 Å². The van der Waals surface area contributed by atoms with E-state index in [4.69, 9.17) is 0 Å². The second-order valence-corrected chi connectivity index (χ2v) is 11.7. The minimum absolute atomic E-state index is 0.0858. The van der Waals surface area contributed by atoms with Crippen molar-refractivity contribution in [3.8, 4) is 0 Å². The number of carbonyl (C=O) groups is 1. The quantitative estimate of drug-likeness (QED) is 0.668. The van der Waals surface area contributed by atoms with E-state index in [9.17, 15) is 4.79 Å². The fraction of sp³-hybridized carbons (Fsp3) is 0.633. The van der Waals surface area contributed by atoms with Crippen LogP contribution in [-0.2, 0) is 0 Å². The van der Waals surface area contributed by atoms with Crippen LogP contribution in [-0.4, -0.2) is 88.0 Å². The summed E-state index contributed by atoms with van der Waals surface area (Å²) >= 11 is 0. The zero-order chi connectivity index (χ0) is 26.0. The van der Waals surface area contributed by atoms with E-state index in [0.717, 1.165) is 70.0 Å². The molecule has 3 aliphatic heterocycles. The van der Waals surface area contributed by atoms with Gasteiger partial charge in [-0.25, -0.2) is 9.97 Å². The minimum Gasteiger partial charge on any atom is -0.338 e. The number of benzene rings is 1. The maximum atomic E-state index is 13.3. The predicted octanol–water partition coefficient (Wildman–Crippen LogP) is 3.84. The maximum absolute atomic E-state index is 13.3. The largest absolute Gasteiger partial charge is 0.338 e. The Morgan fingerprint density at radius 2 is 1.76 bits per heavy atom. The molecule has 3 aliphatic rings. The first-order chi connectivity index (χ1) is 17.9. The molecule has 200 valence electrons. The van der Waals surface area contributed by atoms with Crippen molar-refractivity contribution in [1.29, 1.82) is 0 Å². The smallest absolute Gasteiger partial charge is 0.257 e. The summed E-state index contributed by atoms with van der Waals surface area (Å²) in [7, 11) is 0. The molecule has 1 aromatic heterocycles. The first-order valence-electron chi connectivity index (χ1n) is 14.2.